The molecule has 1 aromatic carbocycles. The van der Waals surface area contributed by atoms with Crippen molar-refractivity contribution >= 4 is 23.3 Å². The molecule has 6 nitrogen and oxygen atoms in total. The third kappa shape index (κ3) is 7.87. The fourth-order valence-corrected chi connectivity index (χ4v) is 3.88. The van der Waals surface area contributed by atoms with Gasteiger partial charge < -0.3 is 19.9 Å². The van der Waals surface area contributed by atoms with Gasteiger partial charge in [-0.3, -0.25) is 4.79 Å². The zero-order valence-corrected chi connectivity index (χ0v) is 18.3. The Labute approximate surface area is 177 Å². The highest BCUT2D eigenvalue weighted by atomic mass is 32.1. The number of carbonyl (C=O) groups is 2. The minimum Gasteiger partial charge on any atom is -0.385 e. The van der Waals surface area contributed by atoms with Crippen LogP contribution in [0, 0.1) is 6.92 Å². The number of aryl methyl sites for hydroxylation is 1. The average molecular weight is 418 g/mol. The molecule has 0 atom stereocenters. The molecule has 0 aliphatic rings. The standard InChI is InChI=1S/C22H31N3O3S/c1-4-23-22(27)24(13-8-14-28-3)17-21(26)25(15-19-9-6-5-7-10-19)16-20-12-11-18(2)29-20/h5-7,9-12H,4,8,13-17H2,1-3H3,(H,23,27). The average Bonchev–Trinajstić information content (AvgIpc) is 3.12. The first-order valence-corrected chi connectivity index (χ1v) is 10.7. The number of carbonyl (C=O) groups excluding carboxylic acids is 2. The van der Waals surface area contributed by atoms with E-state index in [9.17, 15) is 9.59 Å². The highest BCUT2D eigenvalue weighted by molar-refractivity contribution is 7.11. The molecule has 2 rings (SSSR count). The van der Waals surface area contributed by atoms with Gasteiger partial charge >= 0.3 is 6.03 Å². The molecule has 0 spiro atoms. The number of ether oxygens (including phenoxy) is 1. The summed E-state index contributed by atoms with van der Waals surface area (Å²) in [5.41, 5.74) is 1.07. The summed E-state index contributed by atoms with van der Waals surface area (Å²) in [6, 6.07) is 13.8. The van der Waals surface area contributed by atoms with Gasteiger partial charge in [0, 0.05) is 43.1 Å². The molecule has 0 fully saturated rings. The molecule has 0 bridgehead atoms. The Morgan fingerprint density at radius 2 is 1.83 bits per heavy atom. The van der Waals surface area contributed by atoms with Crippen LogP contribution in [-0.4, -0.2) is 55.1 Å². The third-order valence-electron chi connectivity index (χ3n) is 4.43. The monoisotopic (exact) mass is 417 g/mol. The van der Waals surface area contributed by atoms with Crippen molar-refractivity contribution in [3.63, 3.8) is 0 Å². The molecule has 7 heteroatoms. The van der Waals surface area contributed by atoms with Gasteiger partial charge in [-0.05, 0) is 38.0 Å². The molecule has 0 saturated carbocycles. The maximum atomic E-state index is 13.2. The molecule has 158 valence electrons. The van der Waals surface area contributed by atoms with Gasteiger partial charge in [0.25, 0.3) is 0 Å². The number of hydrogen-bond acceptors (Lipinski definition) is 4. The van der Waals surface area contributed by atoms with E-state index in [-0.39, 0.29) is 18.5 Å². The molecule has 0 saturated heterocycles. The van der Waals surface area contributed by atoms with E-state index in [1.54, 1.807) is 23.3 Å². The predicted molar refractivity (Wildman–Crippen MR) is 117 cm³/mol. The quantitative estimate of drug-likeness (QED) is 0.568. The van der Waals surface area contributed by atoms with Crippen LogP contribution in [0.3, 0.4) is 0 Å². The first kappa shape index (κ1) is 22.9. The minimum atomic E-state index is -0.219. The minimum absolute atomic E-state index is 0.0484. The maximum Gasteiger partial charge on any atom is 0.317 e. The number of benzene rings is 1. The number of amides is 3. The Kier molecular flexibility index (Phi) is 9.67. The molecule has 1 N–H and O–H groups in total. The summed E-state index contributed by atoms with van der Waals surface area (Å²) in [5, 5.41) is 2.80. The first-order chi connectivity index (χ1) is 14.0. The van der Waals surface area contributed by atoms with Gasteiger partial charge in [-0.1, -0.05) is 30.3 Å². The number of hydrogen-bond donors (Lipinski definition) is 1. The summed E-state index contributed by atoms with van der Waals surface area (Å²) in [4.78, 5) is 31.4. The third-order valence-corrected chi connectivity index (χ3v) is 5.41. The van der Waals surface area contributed by atoms with Gasteiger partial charge in [0.1, 0.15) is 6.54 Å². The lowest BCUT2D eigenvalue weighted by atomic mass is 10.2. The molecule has 0 unspecified atom stereocenters. The lowest BCUT2D eigenvalue weighted by molar-refractivity contribution is -0.133. The number of rotatable bonds is 11. The van der Waals surface area contributed by atoms with Crippen molar-refractivity contribution in [2.24, 2.45) is 0 Å². The zero-order valence-electron chi connectivity index (χ0n) is 17.5. The summed E-state index contributed by atoms with van der Waals surface area (Å²) in [5.74, 6) is -0.0661. The summed E-state index contributed by atoms with van der Waals surface area (Å²) in [7, 11) is 1.63. The van der Waals surface area contributed by atoms with Gasteiger partial charge in [0.05, 0.1) is 6.54 Å². The second-order valence-corrected chi connectivity index (χ2v) is 8.22. The summed E-state index contributed by atoms with van der Waals surface area (Å²) >= 11 is 1.69. The number of thiophene rings is 1. The van der Waals surface area contributed by atoms with Crippen molar-refractivity contribution in [2.45, 2.75) is 33.4 Å². The Bertz CT molecular complexity index is 764. The SMILES string of the molecule is CCNC(=O)N(CCCOC)CC(=O)N(Cc1ccccc1)Cc1ccc(C)s1. The summed E-state index contributed by atoms with van der Waals surface area (Å²) in [6.07, 6.45) is 0.684. The van der Waals surface area contributed by atoms with Crippen LogP contribution in [0.5, 0.6) is 0 Å². The second-order valence-electron chi connectivity index (χ2n) is 6.85. The molecule has 1 aromatic heterocycles. The topological polar surface area (TPSA) is 61.9 Å². The van der Waals surface area contributed by atoms with E-state index in [0.717, 1.165) is 10.4 Å². The Morgan fingerprint density at radius 3 is 2.45 bits per heavy atom. The lowest BCUT2D eigenvalue weighted by Gasteiger charge is -2.27. The van der Waals surface area contributed by atoms with Crippen molar-refractivity contribution in [1.29, 1.82) is 0 Å². The number of methoxy groups -OCH3 is 1. The van der Waals surface area contributed by atoms with Gasteiger partial charge in [-0.25, -0.2) is 4.79 Å². The number of urea groups is 1. The zero-order chi connectivity index (χ0) is 21.1. The van der Waals surface area contributed by atoms with Crippen molar-refractivity contribution in [1.82, 2.24) is 15.1 Å². The predicted octanol–water partition coefficient (Wildman–Crippen LogP) is 3.65. The van der Waals surface area contributed by atoms with Gasteiger partial charge in [0.2, 0.25) is 5.91 Å². The van der Waals surface area contributed by atoms with E-state index in [0.29, 0.717) is 39.2 Å². The molecule has 29 heavy (non-hydrogen) atoms. The van der Waals surface area contributed by atoms with Crippen LogP contribution in [0.4, 0.5) is 4.79 Å². The van der Waals surface area contributed by atoms with E-state index in [1.807, 2.05) is 42.2 Å². The van der Waals surface area contributed by atoms with Crippen molar-refractivity contribution in [2.75, 3.05) is 33.4 Å². The fraction of sp³-hybridized carbons (Fsp3) is 0.455. The maximum absolute atomic E-state index is 13.2. The van der Waals surface area contributed by atoms with Gasteiger partial charge in [0.15, 0.2) is 0 Å². The Balaban J connectivity index is 2.12. The van der Waals surface area contributed by atoms with Crippen LogP contribution in [0.1, 0.15) is 28.7 Å². The van der Waals surface area contributed by atoms with Crippen LogP contribution < -0.4 is 5.32 Å². The molecule has 0 aliphatic carbocycles. The number of nitrogens with zero attached hydrogens (tertiary/aromatic N) is 2. The molecular formula is C22H31N3O3S. The molecule has 1 heterocycles. The second kappa shape index (κ2) is 12.2. The van der Waals surface area contributed by atoms with Crippen LogP contribution >= 0.6 is 11.3 Å². The molecular weight excluding hydrogens is 386 g/mol. The van der Waals surface area contributed by atoms with Crippen molar-refractivity contribution in [3.05, 3.63) is 57.8 Å². The van der Waals surface area contributed by atoms with Crippen LogP contribution in [0.25, 0.3) is 0 Å². The molecule has 3 amide bonds. The fourth-order valence-electron chi connectivity index (χ4n) is 2.97. The van der Waals surface area contributed by atoms with E-state index in [4.69, 9.17) is 4.74 Å². The summed E-state index contributed by atoms with van der Waals surface area (Å²) in [6.45, 7) is 6.57. The largest absolute Gasteiger partial charge is 0.385 e. The molecule has 2 aromatic rings. The first-order valence-electron chi connectivity index (χ1n) is 9.92. The normalized spacial score (nSPS) is 10.6. The van der Waals surface area contributed by atoms with Crippen molar-refractivity contribution < 1.29 is 14.3 Å². The Morgan fingerprint density at radius 1 is 1.07 bits per heavy atom. The van der Waals surface area contributed by atoms with Crippen LogP contribution in [0.15, 0.2) is 42.5 Å². The van der Waals surface area contributed by atoms with E-state index < -0.39 is 0 Å². The van der Waals surface area contributed by atoms with Crippen LogP contribution in [0.2, 0.25) is 0 Å². The number of nitrogens with one attached hydrogen (secondary N) is 1. The molecule has 0 aliphatic heterocycles. The highest BCUT2D eigenvalue weighted by Crippen LogP contribution is 2.19. The van der Waals surface area contributed by atoms with E-state index in [1.165, 1.54) is 4.88 Å². The van der Waals surface area contributed by atoms with Crippen LogP contribution in [-0.2, 0) is 22.6 Å². The highest BCUT2D eigenvalue weighted by Gasteiger charge is 2.21. The van der Waals surface area contributed by atoms with Gasteiger partial charge in [-0.15, -0.1) is 11.3 Å². The Hall–Kier alpha value is -2.38. The van der Waals surface area contributed by atoms with E-state index in [2.05, 4.69) is 24.4 Å². The summed E-state index contributed by atoms with van der Waals surface area (Å²) < 4.78 is 5.09. The van der Waals surface area contributed by atoms with Crippen molar-refractivity contribution in [3.8, 4) is 0 Å². The van der Waals surface area contributed by atoms with Gasteiger partial charge in [-0.2, -0.15) is 0 Å². The smallest absolute Gasteiger partial charge is 0.317 e. The van der Waals surface area contributed by atoms with E-state index >= 15 is 0 Å². The molecule has 0 radical (unpaired) electrons. The lowest BCUT2D eigenvalue weighted by Crippen LogP contribution is -2.47.